The van der Waals surface area contributed by atoms with Gasteiger partial charge >= 0.3 is 5.97 Å². The number of nitrogens with zero attached hydrogens (tertiary/aromatic N) is 2. The van der Waals surface area contributed by atoms with Crippen molar-refractivity contribution in [2.75, 3.05) is 5.75 Å². The first-order valence-corrected chi connectivity index (χ1v) is 16.9. The van der Waals surface area contributed by atoms with Crippen molar-refractivity contribution in [3.63, 3.8) is 0 Å². The molecule has 2 heterocycles. The van der Waals surface area contributed by atoms with Gasteiger partial charge in [0.05, 0.1) is 22.1 Å². The molecule has 5 rings (SSSR count). The molecule has 1 unspecified atom stereocenters. The highest BCUT2D eigenvalue weighted by atomic mass is 35.5. The monoisotopic (exact) mass is 658 g/mol. The van der Waals surface area contributed by atoms with Gasteiger partial charge in [0.1, 0.15) is 6.10 Å². The van der Waals surface area contributed by atoms with Crippen LogP contribution in [-0.2, 0) is 25.8 Å². The average molecular weight is 660 g/mol. The Bertz CT molecular complexity index is 1650. The lowest BCUT2D eigenvalue weighted by Gasteiger charge is -2.52. The lowest BCUT2D eigenvalue weighted by molar-refractivity contribution is -0.202. The molecule has 0 spiro atoms. The van der Waals surface area contributed by atoms with Crippen LogP contribution in [0.3, 0.4) is 0 Å². The van der Waals surface area contributed by atoms with Crippen LogP contribution in [0.25, 0.3) is 0 Å². The van der Waals surface area contributed by atoms with Gasteiger partial charge in [-0.3, -0.25) is 9.78 Å². The van der Waals surface area contributed by atoms with E-state index in [0.29, 0.717) is 15.7 Å². The lowest BCUT2D eigenvalue weighted by Crippen LogP contribution is -2.62. The van der Waals surface area contributed by atoms with E-state index in [1.165, 1.54) is 12.3 Å². The van der Waals surface area contributed by atoms with E-state index in [2.05, 4.69) is 4.98 Å². The Morgan fingerprint density at radius 1 is 1.07 bits per heavy atom. The number of hydrogen-bond donors (Lipinski definition) is 1. The Labute approximate surface area is 268 Å². The summed E-state index contributed by atoms with van der Waals surface area (Å²) in [5.41, 5.74) is 0.496. The van der Waals surface area contributed by atoms with Crippen molar-refractivity contribution in [3.8, 4) is 0 Å². The first-order valence-electron chi connectivity index (χ1n) is 14.5. The lowest BCUT2D eigenvalue weighted by atomic mass is 9.85. The average Bonchev–Trinajstić information content (AvgIpc) is 3.79. The SMILES string of the molecule is CC(C)(C)S(=O)(=O)C[C@H](C1CC1)N1C(=O)[C@](C)(Cc2ccc(C(=O)O)cn2)O[C@H](c2cccc(Cl)c2)C1c1ccc(Cl)cc1. The predicted molar refractivity (Wildman–Crippen MR) is 170 cm³/mol. The number of carboxylic acid groups (broad SMARTS) is 1. The van der Waals surface area contributed by atoms with Gasteiger partial charge in [-0.05, 0) is 94.0 Å². The number of ether oxygens (including phenoxy) is 1. The van der Waals surface area contributed by atoms with E-state index in [9.17, 15) is 23.1 Å². The molecule has 0 radical (unpaired) electrons. The number of amides is 1. The van der Waals surface area contributed by atoms with Crippen molar-refractivity contribution in [2.45, 2.75) is 75.5 Å². The van der Waals surface area contributed by atoms with Crippen LogP contribution in [0.5, 0.6) is 0 Å². The highest BCUT2D eigenvalue weighted by Crippen LogP contribution is 2.50. The molecular weight excluding hydrogens is 623 g/mol. The summed E-state index contributed by atoms with van der Waals surface area (Å²) in [7, 11) is -3.63. The third kappa shape index (κ3) is 6.66. The number of carbonyl (C=O) groups is 2. The molecule has 1 saturated heterocycles. The molecule has 2 aliphatic rings. The third-order valence-electron chi connectivity index (χ3n) is 8.49. The second-order valence-corrected chi connectivity index (χ2v) is 16.5. The minimum Gasteiger partial charge on any atom is -0.478 e. The molecule has 8 nitrogen and oxygen atoms in total. The van der Waals surface area contributed by atoms with Crippen molar-refractivity contribution in [2.24, 2.45) is 5.92 Å². The maximum Gasteiger partial charge on any atom is 0.337 e. The number of carbonyl (C=O) groups excluding carboxylic acids is 1. The Hall–Kier alpha value is -2.98. The van der Waals surface area contributed by atoms with Crippen LogP contribution in [0.2, 0.25) is 10.0 Å². The summed E-state index contributed by atoms with van der Waals surface area (Å²) >= 11 is 12.7. The second-order valence-electron chi connectivity index (χ2n) is 12.9. The molecule has 1 aromatic heterocycles. The standard InChI is InChI=1S/C33H36Cl2N2O6S/c1-32(2,3)44(41,42)19-27(20-8-9-20)37-28(21-10-13-24(34)14-11-21)29(22-6-5-7-25(35)16-22)43-33(4,31(37)40)17-26-15-12-23(18-36-26)30(38)39/h5-7,10-16,18,20,27-29H,8-9,17,19H2,1-4H3,(H,38,39)/t27-,28?,29-,33+/m1/s1. The van der Waals surface area contributed by atoms with Crippen molar-refractivity contribution in [3.05, 3.63) is 99.3 Å². The van der Waals surface area contributed by atoms with Gasteiger partial charge in [0, 0.05) is 34.4 Å². The highest BCUT2D eigenvalue weighted by molar-refractivity contribution is 7.92. The molecule has 1 aliphatic heterocycles. The van der Waals surface area contributed by atoms with Gasteiger partial charge in [-0.2, -0.15) is 0 Å². The summed E-state index contributed by atoms with van der Waals surface area (Å²) in [5, 5.41) is 10.4. The van der Waals surface area contributed by atoms with Crippen molar-refractivity contribution in [1.82, 2.24) is 9.88 Å². The fourth-order valence-corrected chi connectivity index (χ4v) is 7.45. The van der Waals surface area contributed by atoms with E-state index in [-0.39, 0.29) is 29.6 Å². The number of aromatic carboxylic acids is 1. The molecule has 11 heteroatoms. The Balaban J connectivity index is 1.68. The maximum atomic E-state index is 14.9. The van der Waals surface area contributed by atoms with E-state index in [4.69, 9.17) is 27.9 Å². The number of rotatable bonds is 9. The summed E-state index contributed by atoms with van der Waals surface area (Å²) in [5.74, 6) is -1.66. The zero-order valence-electron chi connectivity index (χ0n) is 25.0. The number of morpholine rings is 1. The van der Waals surface area contributed by atoms with Gasteiger partial charge in [-0.25, -0.2) is 13.2 Å². The van der Waals surface area contributed by atoms with Gasteiger partial charge in [0.25, 0.3) is 5.91 Å². The molecule has 234 valence electrons. The fourth-order valence-electron chi connectivity index (χ4n) is 5.74. The number of carboxylic acids is 1. The molecule has 1 amide bonds. The van der Waals surface area contributed by atoms with Gasteiger partial charge in [0.15, 0.2) is 15.4 Å². The number of sulfone groups is 1. The molecule has 1 N–H and O–H groups in total. The molecule has 3 aromatic rings. The van der Waals surface area contributed by atoms with E-state index in [1.807, 2.05) is 24.3 Å². The molecule has 2 fully saturated rings. The van der Waals surface area contributed by atoms with E-state index >= 15 is 0 Å². The molecule has 1 saturated carbocycles. The fraction of sp³-hybridized carbons (Fsp3) is 0.424. The third-order valence-corrected chi connectivity index (χ3v) is 11.6. The Kier molecular flexibility index (Phi) is 8.90. The quantitative estimate of drug-likeness (QED) is 0.271. The van der Waals surface area contributed by atoms with Crippen LogP contribution in [-0.4, -0.2) is 57.4 Å². The number of benzene rings is 2. The number of hydrogen-bond acceptors (Lipinski definition) is 6. The zero-order chi connectivity index (χ0) is 32.0. The second kappa shape index (κ2) is 12.1. The first-order chi connectivity index (χ1) is 20.6. The zero-order valence-corrected chi connectivity index (χ0v) is 27.4. The smallest absolute Gasteiger partial charge is 0.337 e. The minimum atomic E-state index is -3.63. The largest absolute Gasteiger partial charge is 0.478 e. The van der Waals surface area contributed by atoms with E-state index < -0.39 is 44.3 Å². The summed E-state index contributed by atoms with van der Waals surface area (Å²) in [6.07, 6.45) is 2.17. The van der Waals surface area contributed by atoms with E-state index in [1.54, 1.807) is 62.9 Å². The maximum absolute atomic E-state index is 14.9. The molecule has 1 aliphatic carbocycles. The van der Waals surface area contributed by atoms with Gasteiger partial charge in [-0.15, -0.1) is 0 Å². The molecule has 0 bridgehead atoms. The van der Waals surface area contributed by atoms with Crippen LogP contribution in [0.15, 0.2) is 66.9 Å². The number of halogens is 2. The minimum absolute atomic E-state index is 0.00112. The van der Waals surface area contributed by atoms with E-state index in [0.717, 1.165) is 24.0 Å². The summed E-state index contributed by atoms with van der Waals surface area (Å²) in [6.45, 7) is 6.72. The number of aromatic nitrogens is 1. The predicted octanol–water partition coefficient (Wildman–Crippen LogP) is 6.72. The van der Waals surface area contributed by atoms with Crippen LogP contribution < -0.4 is 0 Å². The van der Waals surface area contributed by atoms with Crippen molar-refractivity contribution >= 4 is 44.9 Å². The van der Waals surface area contributed by atoms with Crippen LogP contribution in [0.4, 0.5) is 0 Å². The van der Waals surface area contributed by atoms with Crippen molar-refractivity contribution in [1.29, 1.82) is 0 Å². The topological polar surface area (TPSA) is 114 Å². The molecule has 2 aromatic carbocycles. The highest BCUT2D eigenvalue weighted by Gasteiger charge is 2.56. The van der Waals surface area contributed by atoms with Crippen LogP contribution >= 0.6 is 23.2 Å². The molecule has 44 heavy (non-hydrogen) atoms. The molecule has 4 atom stereocenters. The summed E-state index contributed by atoms with van der Waals surface area (Å²) < 4.78 is 33.2. The first kappa shape index (κ1) is 32.4. The number of pyridine rings is 1. The van der Waals surface area contributed by atoms with Crippen LogP contribution in [0, 0.1) is 5.92 Å². The molecular formula is C33H36Cl2N2O6S. The Morgan fingerprint density at radius 3 is 2.30 bits per heavy atom. The Morgan fingerprint density at radius 2 is 1.75 bits per heavy atom. The summed E-state index contributed by atoms with van der Waals surface area (Å²) in [6, 6.07) is 16.1. The van der Waals surface area contributed by atoms with Gasteiger partial charge < -0.3 is 14.7 Å². The van der Waals surface area contributed by atoms with Crippen LogP contribution in [0.1, 0.15) is 79.9 Å². The normalized spacial score (nSPS) is 23.4. The van der Waals surface area contributed by atoms with Crippen molar-refractivity contribution < 1.29 is 27.9 Å². The van der Waals surface area contributed by atoms with Gasteiger partial charge in [0.2, 0.25) is 0 Å². The summed E-state index contributed by atoms with van der Waals surface area (Å²) in [4.78, 5) is 32.3. The van der Waals surface area contributed by atoms with Gasteiger partial charge in [-0.1, -0.05) is 47.5 Å².